The van der Waals surface area contributed by atoms with E-state index in [1.54, 1.807) is 0 Å². The number of morpholine rings is 1. The Morgan fingerprint density at radius 3 is 3.16 bits per heavy atom. The van der Waals surface area contributed by atoms with E-state index in [2.05, 4.69) is 48.1 Å². The lowest BCUT2D eigenvalue weighted by atomic mass is 10.1. The van der Waals surface area contributed by atoms with Crippen molar-refractivity contribution in [3.63, 3.8) is 0 Å². The SMILES string of the molecule is CCCNC(C)c1ccnc(N2CCOCC2C)c1. The number of nitrogens with one attached hydrogen (secondary N) is 1. The van der Waals surface area contributed by atoms with Crippen molar-refractivity contribution in [2.75, 3.05) is 31.2 Å². The molecule has 0 amide bonds. The smallest absolute Gasteiger partial charge is 0.129 e. The van der Waals surface area contributed by atoms with Crippen LogP contribution in [0.15, 0.2) is 18.3 Å². The molecule has 2 atom stereocenters. The quantitative estimate of drug-likeness (QED) is 0.885. The summed E-state index contributed by atoms with van der Waals surface area (Å²) in [6.07, 6.45) is 3.07. The molecule has 4 nitrogen and oxygen atoms in total. The van der Waals surface area contributed by atoms with Gasteiger partial charge in [0, 0.05) is 18.8 Å². The summed E-state index contributed by atoms with van der Waals surface area (Å²) < 4.78 is 5.48. The van der Waals surface area contributed by atoms with Gasteiger partial charge >= 0.3 is 0 Å². The molecule has 106 valence electrons. The molecule has 1 saturated heterocycles. The molecule has 0 aromatic carbocycles. The third-order valence-corrected chi connectivity index (χ3v) is 3.63. The number of anilines is 1. The van der Waals surface area contributed by atoms with Crippen LogP contribution < -0.4 is 10.2 Å². The van der Waals surface area contributed by atoms with E-state index in [9.17, 15) is 0 Å². The van der Waals surface area contributed by atoms with Crippen molar-refractivity contribution >= 4 is 5.82 Å². The van der Waals surface area contributed by atoms with Gasteiger partial charge in [-0.2, -0.15) is 0 Å². The van der Waals surface area contributed by atoms with Crippen LogP contribution >= 0.6 is 0 Å². The molecule has 1 N–H and O–H groups in total. The summed E-state index contributed by atoms with van der Waals surface area (Å²) in [5, 5.41) is 3.52. The van der Waals surface area contributed by atoms with E-state index in [1.807, 2.05) is 6.20 Å². The van der Waals surface area contributed by atoms with Crippen LogP contribution in [-0.4, -0.2) is 37.3 Å². The minimum absolute atomic E-state index is 0.373. The molecule has 2 rings (SSSR count). The Balaban J connectivity index is 2.09. The molecule has 1 aromatic rings. The minimum Gasteiger partial charge on any atom is -0.377 e. The minimum atomic E-state index is 0.373. The van der Waals surface area contributed by atoms with Gasteiger partial charge in [0.15, 0.2) is 0 Å². The van der Waals surface area contributed by atoms with E-state index >= 15 is 0 Å². The Labute approximate surface area is 116 Å². The van der Waals surface area contributed by atoms with Crippen molar-refractivity contribution in [1.82, 2.24) is 10.3 Å². The number of nitrogens with zero attached hydrogens (tertiary/aromatic N) is 2. The van der Waals surface area contributed by atoms with E-state index in [4.69, 9.17) is 4.74 Å². The zero-order valence-corrected chi connectivity index (χ0v) is 12.2. The van der Waals surface area contributed by atoms with Gasteiger partial charge in [-0.1, -0.05) is 6.92 Å². The Bertz CT molecular complexity index is 397. The van der Waals surface area contributed by atoms with Gasteiger partial charge in [0.25, 0.3) is 0 Å². The van der Waals surface area contributed by atoms with E-state index in [0.29, 0.717) is 12.1 Å². The first-order chi connectivity index (χ1) is 9.22. The number of ether oxygens (including phenoxy) is 1. The van der Waals surface area contributed by atoms with Gasteiger partial charge in [0.05, 0.1) is 19.3 Å². The third-order valence-electron chi connectivity index (χ3n) is 3.63. The van der Waals surface area contributed by atoms with Crippen molar-refractivity contribution in [2.45, 2.75) is 39.3 Å². The van der Waals surface area contributed by atoms with Crippen LogP contribution in [0.4, 0.5) is 5.82 Å². The highest BCUT2D eigenvalue weighted by Crippen LogP contribution is 2.21. The molecule has 0 bridgehead atoms. The summed E-state index contributed by atoms with van der Waals surface area (Å²) in [6.45, 7) is 10.1. The molecule has 2 heterocycles. The first kappa shape index (κ1) is 14.3. The highest BCUT2D eigenvalue weighted by molar-refractivity contribution is 5.43. The number of hydrogen-bond acceptors (Lipinski definition) is 4. The van der Waals surface area contributed by atoms with Crippen molar-refractivity contribution < 1.29 is 4.74 Å². The summed E-state index contributed by atoms with van der Waals surface area (Å²) in [5.74, 6) is 1.07. The maximum atomic E-state index is 5.48. The van der Waals surface area contributed by atoms with Crippen LogP contribution in [0.3, 0.4) is 0 Å². The van der Waals surface area contributed by atoms with Crippen LogP contribution in [-0.2, 0) is 4.74 Å². The number of pyridine rings is 1. The summed E-state index contributed by atoms with van der Waals surface area (Å²) in [4.78, 5) is 6.85. The van der Waals surface area contributed by atoms with Crippen LogP contribution in [0, 0.1) is 0 Å². The molecule has 4 heteroatoms. The third kappa shape index (κ3) is 3.67. The van der Waals surface area contributed by atoms with Crippen LogP contribution in [0.2, 0.25) is 0 Å². The molecular weight excluding hydrogens is 238 g/mol. The summed E-state index contributed by atoms with van der Waals surface area (Å²) in [6, 6.07) is 5.07. The average molecular weight is 263 g/mol. The zero-order chi connectivity index (χ0) is 13.7. The van der Waals surface area contributed by atoms with Crippen LogP contribution in [0.25, 0.3) is 0 Å². The van der Waals surface area contributed by atoms with Gasteiger partial charge < -0.3 is 15.0 Å². The van der Waals surface area contributed by atoms with E-state index in [-0.39, 0.29) is 0 Å². The molecule has 1 aliphatic heterocycles. The fourth-order valence-corrected chi connectivity index (χ4v) is 2.41. The van der Waals surface area contributed by atoms with Crippen molar-refractivity contribution in [3.8, 4) is 0 Å². The van der Waals surface area contributed by atoms with Crippen LogP contribution in [0.1, 0.15) is 38.8 Å². The average Bonchev–Trinajstić information content (AvgIpc) is 2.45. The molecule has 1 aromatic heterocycles. The van der Waals surface area contributed by atoms with Crippen molar-refractivity contribution in [2.24, 2.45) is 0 Å². The van der Waals surface area contributed by atoms with Gasteiger partial charge in [-0.05, 0) is 44.5 Å². The molecule has 0 saturated carbocycles. The molecule has 2 unspecified atom stereocenters. The topological polar surface area (TPSA) is 37.4 Å². The maximum absolute atomic E-state index is 5.48. The first-order valence-corrected chi connectivity index (χ1v) is 7.26. The fraction of sp³-hybridized carbons (Fsp3) is 0.667. The molecule has 0 aliphatic carbocycles. The molecule has 1 aliphatic rings. The zero-order valence-electron chi connectivity index (χ0n) is 12.2. The van der Waals surface area contributed by atoms with Gasteiger partial charge in [-0.25, -0.2) is 4.98 Å². The van der Waals surface area contributed by atoms with E-state index < -0.39 is 0 Å². The number of rotatable bonds is 5. The Hall–Kier alpha value is -1.13. The molecule has 19 heavy (non-hydrogen) atoms. The number of hydrogen-bond donors (Lipinski definition) is 1. The molecular formula is C15H25N3O. The number of aromatic nitrogens is 1. The molecule has 1 fully saturated rings. The van der Waals surface area contributed by atoms with E-state index in [0.717, 1.165) is 38.5 Å². The van der Waals surface area contributed by atoms with Gasteiger partial charge in [0.1, 0.15) is 5.82 Å². The summed E-state index contributed by atoms with van der Waals surface area (Å²) in [5.41, 5.74) is 1.30. The second kappa shape index (κ2) is 6.87. The summed E-state index contributed by atoms with van der Waals surface area (Å²) >= 11 is 0. The monoisotopic (exact) mass is 263 g/mol. The Morgan fingerprint density at radius 2 is 2.42 bits per heavy atom. The second-order valence-corrected chi connectivity index (χ2v) is 5.24. The Kier molecular flexibility index (Phi) is 5.16. The molecule has 0 radical (unpaired) electrons. The maximum Gasteiger partial charge on any atom is 0.129 e. The Morgan fingerprint density at radius 1 is 1.58 bits per heavy atom. The first-order valence-electron chi connectivity index (χ1n) is 7.26. The normalized spacial score (nSPS) is 21.4. The predicted molar refractivity (Wildman–Crippen MR) is 78.6 cm³/mol. The second-order valence-electron chi connectivity index (χ2n) is 5.24. The largest absolute Gasteiger partial charge is 0.377 e. The van der Waals surface area contributed by atoms with E-state index in [1.165, 1.54) is 5.56 Å². The molecule has 0 spiro atoms. The lowest BCUT2D eigenvalue weighted by Gasteiger charge is -2.34. The van der Waals surface area contributed by atoms with Gasteiger partial charge in [-0.15, -0.1) is 0 Å². The van der Waals surface area contributed by atoms with Crippen molar-refractivity contribution in [3.05, 3.63) is 23.9 Å². The standard InChI is InChI=1S/C15H25N3O/c1-4-6-16-13(3)14-5-7-17-15(10-14)18-8-9-19-11-12(18)2/h5,7,10,12-13,16H,4,6,8-9,11H2,1-3H3. The highest BCUT2D eigenvalue weighted by Gasteiger charge is 2.20. The van der Waals surface area contributed by atoms with Gasteiger partial charge in [-0.3, -0.25) is 0 Å². The fourth-order valence-electron chi connectivity index (χ4n) is 2.41. The van der Waals surface area contributed by atoms with Crippen molar-refractivity contribution in [1.29, 1.82) is 0 Å². The lowest BCUT2D eigenvalue weighted by Crippen LogP contribution is -2.44. The van der Waals surface area contributed by atoms with Crippen LogP contribution in [0.5, 0.6) is 0 Å². The highest BCUT2D eigenvalue weighted by atomic mass is 16.5. The summed E-state index contributed by atoms with van der Waals surface area (Å²) in [7, 11) is 0. The lowest BCUT2D eigenvalue weighted by molar-refractivity contribution is 0.0985. The predicted octanol–water partition coefficient (Wildman–Crippen LogP) is 2.37. The van der Waals surface area contributed by atoms with Gasteiger partial charge in [0.2, 0.25) is 0 Å².